The van der Waals surface area contributed by atoms with E-state index in [1.54, 1.807) is 0 Å². The van der Waals surface area contributed by atoms with E-state index in [1.807, 2.05) is 60.0 Å². The predicted molar refractivity (Wildman–Crippen MR) is 122 cm³/mol. The summed E-state index contributed by atoms with van der Waals surface area (Å²) < 4.78 is 7.67. The van der Waals surface area contributed by atoms with Crippen LogP contribution in [0.4, 0.5) is 0 Å². The fourth-order valence-corrected chi connectivity index (χ4v) is 4.35. The van der Waals surface area contributed by atoms with E-state index in [0.717, 1.165) is 27.5 Å². The molecule has 0 fully saturated rings. The molecule has 0 bridgehead atoms. The summed E-state index contributed by atoms with van der Waals surface area (Å²) in [6.07, 6.45) is 1.82. The van der Waals surface area contributed by atoms with Gasteiger partial charge in [-0.2, -0.15) is 0 Å². The Kier molecular flexibility index (Phi) is 4.91. The van der Waals surface area contributed by atoms with Crippen LogP contribution in [0.5, 0.6) is 0 Å². The maximum absolute atomic E-state index is 12.5. The standard InChI is InChI=1S/C23H19N5O2S/c1-3-11-28-21(15-8-6-7-14(2)12-15)26-27-23(28)31-13-18-24-19-16-9-4-5-10-17(16)30-20(19)22(29)25-18/h3-10,12H,1,11,13H2,2H3,(H,24,25,29). The van der Waals surface area contributed by atoms with Crippen LogP contribution in [-0.4, -0.2) is 24.7 Å². The van der Waals surface area contributed by atoms with Crippen LogP contribution >= 0.6 is 11.8 Å². The van der Waals surface area contributed by atoms with Gasteiger partial charge in [-0.3, -0.25) is 9.36 Å². The van der Waals surface area contributed by atoms with E-state index in [4.69, 9.17) is 4.42 Å². The first-order chi connectivity index (χ1) is 15.1. The number of fused-ring (bicyclic) bond motifs is 3. The number of para-hydroxylation sites is 1. The van der Waals surface area contributed by atoms with Gasteiger partial charge in [0, 0.05) is 17.5 Å². The lowest BCUT2D eigenvalue weighted by molar-refractivity contribution is 0.660. The number of furan rings is 1. The summed E-state index contributed by atoms with van der Waals surface area (Å²) >= 11 is 1.46. The third kappa shape index (κ3) is 3.55. The minimum Gasteiger partial charge on any atom is -0.449 e. The number of H-pyrrole nitrogens is 1. The lowest BCUT2D eigenvalue weighted by atomic mass is 10.1. The van der Waals surface area contributed by atoms with Crippen LogP contribution in [0.25, 0.3) is 33.5 Å². The molecule has 0 atom stereocenters. The highest BCUT2D eigenvalue weighted by atomic mass is 32.2. The number of hydrogen-bond acceptors (Lipinski definition) is 6. The van der Waals surface area contributed by atoms with Gasteiger partial charge in [-0.25, -0.2) is 4.98 Å². The number of hydrogen-bond donors (Lipinski definition) is 1. The first kappa shape index (κ1) is 19.3. The van der Waals surface area contributed by atoms with Crippen molar-refractivity contribution in [3.8, 4) is 11.4 Å². The number of nitrogens with one attached hydrogen (secondary N) is 1. The minimum absolute atomic E-state index is 0.242. The molecule has 3 aromatic heterocycles. The van der Waals surface area contributed by atoms with Crippen LogP contribution in [0.1, 0.15) is 11.4 Å². The molecule has 5 aromatic rings. The van der Waals surface area contributed by atoms with Crippen molar-refractivity contribution in [3.63, 3.8) is 0 Å². The van der Waals surface area contributed by atoms with Crippen LogP contribution in [0, 0.1) is 6.92 Å². The molecule has 0 saturated carbocycles. The van der Waals surface area contributed by atoms with Crippen molar-refractivity contribution in [2.45, 2.75) is 24.4 Å². The normalized spacial score (nSPS) is 11.4. The molecule has 154 valence electrons. The van der Waals surface area contributed by atoms with Gasteiger partial charge in [-0.15, -0.1) is 16.8 Å². The zero-order valence-electron chi connectivity index (χ0n) is 16.8. The van der Waals surface area contributed by atoms with Gasteiger partial charge in [-0.05, 0) is 25.1 Å². The summed E-state index contributed by atoms with van der Waals surface area (Å²) in [6, 6.07) is 15.6. The van der Waals surface area contributed by atoms with Crippen LogP contribution in [0.3, 0.4) is 0 Å². The van der Waals surface area contributed by atoms with Gasteiger partial charge in [0.25, 0.3) is 5.56 Å². The van der Waals surface area contributed by atoms with E-state index in [2.05, 4.69) is 32.8 Å². The van der Waals surface area contributed by atoms with Crippen molar-refractivity contribution in [2.75, 3.05) is 0 Å². The van der Waals surface area contributed by atoms with E-state index < -0.39 is 0 Å². The Bertz CT molecular complexity index is 1480. The highest BCUT2D eigenvalue weighted by molar-refractivity contribution is 7.98. The molecule has 7 nitrogen and oxygen atoms in total. The van der Waals surface area contributed by atoms with Crippen LogP contribution < -0.4 is 5.56 Å². The first-order valence-electron chi connectivity index (χ1n) is 9.78. The lowest BCUT2D eigenvalue weighted by Crippen LogP contribution is -2.10. The van der Waals surface area contributed by atoms with E-state index in [0.29, 0.717) is 29.2 Å². The minimum atomic E-state index is -0.287. The third-order valence-corrected chi connectivity index (χ3v) is 5.90. The average Bonchev–Trinajstić information content (AvgIpc) is 3.34. The maximum Gasteiger partial charge on any atom is 0.294 e. The summed E-state index contributed by atoms with van der Waals surface area (Å²) in [5.41, 5.74) is 3.33. The Hall–Kier alpha value is -3.65. The average molecular weight is 430 g/mol. The molecular formula is C23H19N5O2S. The fourth-order valence-electron chi connectivity index (χ4n) is 3.54. The number of rotatable bonds is 6. The molecule has 0 unspecified atom stereocenters. The second-order valence-electron chi connectivity index (χ2n) is 7.15. The molecule has 0 radical (unpaired) electrons. The maximum atomic E-state index is 12.5. The van der Waals surface area contributed by atoms with Gasteiger partial charge in [0.15, 0.2) is 11.0 Å². The summed E-state index contributed by atoms with van der Waals surface area (Å²) in [5, 5.41) is 10.3. The van der Waals surface area contributed by atoms with Gasteiger partial charge >= 0.3 is 0 Å². The van der Waals surface area contributed by atoms with E-state index in [-0.39, 0.29) is 11.1 Å². The smallest absolute Gasteiger partial charge is 0.294 e. The summed E-state index contributed by atoms with van der Waals surface area (Å²) in [7, 11) is 0. The zero-order chi connectivity index (χ0) is 21.4. The number of thioether (sulfide) groups is 1. The second-order valence-corrected chi connectivity index (χ2v) is 8.09. The SMILES string of the molecule is C=CCn1c(SCc2nc3c(oc4ccccc43)c(=O)[nH]2)nnc1-c1cccc(C)c1. The second kappa shape index (κ2) is 7.88. The lowest BCUT2D eigenvalue weighted by Gasteiger charge is -2.08. The molecule has 1 N–H and O–H groups in total. The molecule has 0 aliphatic carbocycles. The Morgan fingerprint density at radius 2 is 2.06 bits per heavy atom. The zero-order valence-corrected chi connectivity index (χ0v) is 17.6. The van der Waals surface area contributed by atoms with Crippen molar-refractivity contribution >= 4 is 33.8 Å². The molecule has 5 rings (SSSR count). The summed E-state index contributed by atoms with van der Waals surface area (Å²) in [4.78, 5) is 20.0. The molecule has 2 aromatic carbocycles. The molecule has 0 spiro atoms. The monoisotopic (exact) mass is 429 g/mol. The quantitative estimate of drug-likeness (QED) is 0.310. The van der Waals surface area contributed by atoms with Crippen molar-refractivity contribution in [1.29, 1.82) is 0 Å². The van der Waals surface area contributed by atoms with Gasteiger partial charge in [-0.1, -0.05) is 53.7 Å². The van der Waals surface area contributed by atoms with Gasteiger partial charge < -0.3 is 9.40 Å². The van der Waals surface area contributed by atoms with Crippen LogP contribution in [-0.2, 0) is 12.3 Å². The van der Waals surface area contributed by atoms with Crippen LogP contribution in [0.2, 0.25) is 0 Å². The molecule has 31 heavy (non-hydrogen) atoms. The number of aromatic nitrogens is 5. The van der Waals surface area contributed by atoms with E-state index in [9.17, 15) is 4.79 Å². The Labute approximate surface area is 181 Å². The molecule has 3 heterocycles. The Morgan fingerprint density at radius 3 is 2.90 bits per heavy atom. The molecule has 0 aliphatic rings. The summed E-state index contributed by atoms with van der Waals surface area (Å²) in [6.45, 7) is 6.48. The number of benzene rings is 2. The topological polar surface area (TPSA) is 89.6 Å². The van der Waals surface area contributed by atoms with Crippen molar-refractivity contribution in [3.05, 3.63) is 82.9 Å². The molecule has 8 heteroatoms. The van der Waals surface area contributed by atoms with Gasteiger partial charge in [0.1, 0.15) is 16.9 Å². The predicted octanol–water partition coefficient (Wildman–Crippen LogP) is 4.71. The number of aryl methyl sites for hydroxylation is 1. The fraction of sp³-hybridized carbons (Fsp3) is 0.130. The van der Waals surface area contributed by atoms with Gasteiger partial charge in [0.2, 0.25) is 5.58 Å². The summed E-state index contributed by atoms with van der Waals surface area (Å²) in [5.74, 6) is 1.77. The number of aromatic amines is 1. The number of allylic oxidation sites excluding steroid dienone is 1. The largest absolute Gasteiger partial charge is 0.449 e. The van der Waals surface area contributed by atoms with E-state index >= 15 is 0 Å². The third-order valence-electron chi connectivity index (χ3n) is 4.92. The van der Waals surface area contributed by atoms with Crippen molar-refractivity contribution in [1.82, 2.24) is 24.7 Å². The van der Waals surface area contributed by atoms with Crippen molar-refractivity contribution < 1.29 is 4.42 Å². The molecule has 0 aliphatic heterocycles. The Balaban J connectivity index is 1.48. The molecule has 0 saturated heterocycles. The highest BCUT2D eigenvalue weighted by Gasteiger charge is 2.16. The number of nitrogens with zero attached hydrogens (tertiary/aromatic N) is 4. The van der Waals surface area contributed by atoms with Crippen molar-refractivity contribution in [2.24, 2.45) is 0 Å². The van der Waals surface area contributed by atoms with E-state index in [1.165, 1.54) is 11.8 Å². The molecular weight excluding hydrogens is 410 g/mol. The molecule has 0 amide bonds. The van der Waals surface area contributed by atoms with Gasteiger partial charge in [0.05, 0.1) is 5.75 Å². The van der Waals surface area contributed by atoms with Crippen LogP contribution in [0.15, 0.2) is 75.6 Å². The highest BCUT2D eigenvalue weighted by Crippen LogP contribution is 2.28. The Morgan fingerprint density at radius 1 is 1.19 bits per heavy atom. The first-order valence-corrected chi connectivity index (χ1v) is 10.8.